The van der Waals surface area contributed by atoms with Gasteiger partial charge in [0, 0.05) is 46.3 Å². The van der Waals surface area contributed by atoms with Crippen LogP contribution in [0.2, 0.25) is 0 Å². The Morgan fingerprint density at radius 2 is 1.60 bits per heavy atom. The van der Waals surface area contributed by atoms with Gasteiger partial charge in [-0.3, -0.25) is 4.57 Å². The van der Waals surface area contributed by atoms with E-state index in [0.29, 0.717) is 17.8 Å². The Kier molecular flexibility index (Phi) is 9.68. The molecule has 276 valence electrons. The van der Waals surface area contributed by atoms with Crippen LogP contribution in [0.5, 0.6) is 11.5 Å². The van der Waals surface area contributed by atoms with Crippen molar-refractivity contribution in [3.8, 4) is 23.0 Å². The number of hydrogen-bond donors (Lipinski definition) is 0. The van der Waals surface area contributed by atoms with Gasteiger partial charge in [-0.25, -0.2) is 9.67 Å². The van der Waals surface area contributed by atoms with Gasteiger partial charge in [0.15, 0.2) is 0 Å². The molecule has 5 nitrogen and oxygen atoms in total. The highest BCUT2D eigenvalue weighted by molar-refractivity contribution is 6.09. The number of ether oxygens (including phenoxy) is 1. The van der Waals surface area contributed by atoms with Gasteiger partial charge in [-0.2, -0.15) is 5.10 Å². The van der Waals surface area contributed by atoms with Crippen molar-refractivity contribution in [1.29, 1.82) is 0 Å². The number of hydrogen-bond acceptors (Lipinski definition) is 3. The van der Waals surface area contributed by atoms with Gasteiger partial charge in [-0.05, 0) is 109 Å². The number of para-hydroxylation sites is 1. The van der Waals surface area contributed by atoms with Crippen LogP contribution in [0.1, 0.15) is 121 Å². The van der Waals surface area contributed by atoms with E-state index in [1.807, 2.05) is 6.20 Å². The summed E-state index contributed by atoms with van der Waals surface area (Å²) < 4.78 is 11.3. The van der Waals surface area contributed by atoms with E-state index in [9.17, 15) is 0 Å². The van der Waals surface area contributed by atoms with Crippen LogP contribution in [0.15, 0.2) is 90.6 Å². The molecule has 1 unspecified atom stereocenters. The van der Waals surface area contributed by atoms with E-state index < -0.39 is 0 Å². The molecule has 3 heterocycles. The molecule has 6 aromatic rings. The quantitative estimate of drug-likeness (QED) is 0.148. The fourth-order valence-corrected chi connectivity index (χ4v) is 8.89. The standard InChI is InChI=1S/C48H58N4O/c1-12-16-33-23-24-49-44(25-33)51-42-20-14-13-17-38(42)39-22-21-36(29-43(39)51)53-37-27-34(30(2)3)26-35(28-37)52-32(5)45(31(4)50-52)46-40(47(6,7)8)18-15-19-41(46)48(9,10)11/h13-14,17-18,20-30,41,46H,12,15-16,19H2,1-11H3/t41?,46-/m0/s1. The Morgan fingerprint density at radius 3 is 2.32 bits per heavy atom. The van der Waals surface area contributed by atoms with Crippen LogP contribution in [0.4, 0.5) is 0 Å². The predicted molar refractivity (Wildman–Crippen MR) is 222 cm³/mol. The van der Waals surface area contributed by atoms with Gasteiger partial charge in [0.05, 0.1) is 22.4 Å². The van der Waals surface area contributed by atoms with Gasteiger partial charge in [0.25, 0.3) is 0 Å². The summed E-state index contributed by atoms with van der Waals surface area (Å²) in [6.45, 7) is 25.5. The lowest BCUT2D eigenvalue weighted by Crippen LogP contribution is -2.34. The Bertz CT molecular complexity index is 2320. The van der Waals surface area contributed by atoms with Crippen molar-refractivity contribution in [2.45, 2.75) is 114 Å². The normalized spacial score (nSPS) is 16.9. The fraction of sp³-hybridized carbons (Fsp3) is 0.417. The lowest BCUT2D eigenvalue weighted by molar-refractivity contribution is 0.180. The molecule has 0 saturated heterocycles. The predicted octanol–water partition coefficient (Wildman–Crippen LogP) is 13.4. The average molecular weight is 707 g/mol. The minimum absolute atomic E-state index is 0.0787. The SMILES string of the molecule is CCCc1ccnc(-n2c3ccccc3c3ccc(Oc4cc(C(C)C)cc(-n5nc(C)c([C@H]6C(C(C)(C)C)=CCCC6C(C)(C)C)c5C)c4)cc32)c1. The highest BCUT2D eigenvalue weighted by atomic mass is 16.5. The van der Waals surface area contributed by atoms with E-state index in [0.717, 1.165) is 59.0 Å². The van der Waals surface area contributed by atoms with Crippen LogP contribution in [0.3, 0.4) is 0 Å². The lowest BCUT2D eigenvalue weighted by Gasteiger charge is -2.45. The lowest BCUT2D eigenvalue weighted by atomic mass is 9.59. The molecule has 53 heavy (non-hydrogen) atoms. The van der Waals surface area contributed by atoms with Crippen LogP contribution >= 0.6 is 0 Å². The average Bonchev–Trinajstić information content (AvgIpc) is 3.59. The van der Waals surface area contributed by atoms with Crippen molar-refractivity contribution < 1.29 is 4.74 Å². The second kappa shape index (κ2) is 14.0. The number of nitrogens with zero attached hydrogens (tertiary/aromatic N) is 4. The van der Waals surface area contributed by atoms with E-state index in [2.05, 4.69) is 164 Å². The topological polar surface area (TPSA) is 44.9 Å². The second-order valence-electron chi connectivity index (χ2n) is 17.8. The summed E-state index contributed by atoms with van der Waals surface area (Å²) in [6.07, 6.45) is 8.92. The van der Waals surface area contributed by atoms with Crippen LogP contribution in [-0.4, -0.2) is 19.3 Å². The maximum Gasteiger partial charge on any atom is 0.137 e. The molecule has 0 radical (unpaired) electrons. The van der Waals surface area contributed by atoms with E-state index in [-0.39, 0.29) is 10.8 Å². The molecular weight excluding hydrogens is 649 g/mol. The second-order valence-corrected chi connectivity index (χ2v) is 17.8. The van der Waals surface area contributed by atoms with Gasteiger partial charge in [-0.1, -0.05) is 98.6 Å². The number of allylic oxidation sites excluding steroid dienone is 2. The van der Waals surface area contributed by atoms with E-state index >= 15 is 0 Å². The van der Waals surface area contributed by atoms with Crippen LogP contribution < -0.4 is 4.74 Å². The summed E-state index contributed by atoms with van der Waals surface area (Å²) in [5.41, 5.74) is 11.3. The molecule has 0 saturated carbocycles. The molecule has 0 fully saturated rings. The molecule has 2 atom stereocenters. The first-order chi connectivity index (χ1) is 25.2. The van der Waals surface area contributed by atoms with Crippen molar-refractivity contribution in [1.82, 2.24) is 19.3 Å². The van der Waals surface area contributed by atoms with E-state index in [4.69, 9.17) is 14.8 Å². The number of benzene rings is 3. The van der Waals surface area contributed by atoms with Gasteiger partial charge in [0.1, 0.15) is 17.3 Å². The number of rotatable bonds is 8. The van der Waals surface area contributed by atoms with Crippen molar-refractivity contribution in [2.24, 2.45) is 16.7 Å². The highest BCUT2D eigenvalue weighted by Gasteiger charge is 2.42. The molecule has 5 heteroatoms. The molecule has 7 rings (SSSR count). The minimum atomic E-state index is 0.0787. The zero-order chi connectivity index (χ0) is 37.8. The van der Waals surface area contributed by atoms with Crippen LogP contribution in [0, 0.1) is 30.6 Å². The summed E-state index contributed by atoms with van der Waals surface area (Å²) in [6, 6.07) is 26.0. The van der Waals surface area contributed by atoms with Gasteiger partial charge in [-0.15, -0.1) is 0 Å². The molecule has 0 aliphatic heterocycles. The third-order valence-electron chi connectivity index (χ3n) is 11.5. The van der Waals surface area contributed by atoms with Crippen LogP contribution in [0.25, 0.3) is 33.3 Å². The molecule has 3 aromatic heterocycles. The Morgan fingerprint density at radius 1 is 0.849 bits per heavy atom. The van der Waals surface area contributed by atoms with Crippen molar-refractivity contribution in [2.75, 3.05) is 0 Å². The molecule has 0 spiro atoms. The smallest absolute Gasteiger partial charge is 0.137 e. The summed E-state index contributed by atoms with van der Waals surface area (Å²) in [7, 11) is 0. The number of aryl methyl sites for hydroxylation is 2. The fourth-order valence-electron chi connectivity index (χ4n) is 8.89. The maximum atomic E-state index is 6.82. The van der Waals surface area contributed by atoms with Crippen molar-refractivity contribution in [3.05, 3.63) is 119 Å². The van der Waals surface area contributed by atoms with Gasteiger partial charge in [0.2, 0.25) is 0 Å². The number of fused-ring (bicyclic) bond motifs is 3. The Labute approximate surface area is 317 Å². The zero-order valence-electron chi connectivity index (χ0n) is 33.8. The van der Waals surface area contributed by atoms with Gasteiger partial charge < -0.3 is 4.74 Å². The highest BCUT2D eigenvalue weighted by Crippen LogP contribution is 2.53. The Hall–Kier alpha value is -4.64. The summed E-state index contributed by atoms with van der Waals surface area (Å²) in [5, 5.41) is 7.68. The Balaban J connectivity index is 1.32. The summed E-state index contributed by atoms with van der Waals surface area (Å²) in [5.74, 6) is 3.72. The van der Waals surface area contributed by atoms with Crippen molar-refractivity contribution >= 4 is 21.8 Å². The first kappa shape index (κ1) is 36.7. The minimum Gasteiger partial charge on any atom is -0.457 e. The molecule has 1 aliphatic carbocycles. The molecule has 0 N–H and O–H groups in total. The number of aromatic nitrogens is 4. The summed E-state index contributed by atoms with van der Waals surface area (Å²) >= 11 is 0. The maximum absolute atomic E-state index is 6.82. The first-order valence-corrected chi connectivity index (χ1v) is 19.7. The largest absolute Gasteiger partial charge is 0.457 e. The number of pyridine rings is 1. The first-order valence-electron chi connectivity index (χ1n) is 19.7. The van der Waals surface area contributed by atoms with Crippen LogP contribution in [-0.2, 0) is 6.42 Å². The van der Waals surface area contributed by atoms with Crippen molar-refractivity contribution in [3.63, 3.8) is 0 Å². The zero-order valence-corrected chi connectivity index (χ0v) is 33.8. The molecule has 0 bridgehead atoms. The third-order valence-corrected chi connectivity index (χ3v) is 11.5. The van der Waals surface area contributed by atoms with E-state index in [1.165, 1.54) is 39.6 Å². The molecule has 1 aliphatic rings. The molecule has 3 aromatic carbocycles. The third kappa shape index (κ3) is 6.96. The van der Waals surface area contributed by atoms with E-state index in [1.54, 1.807) is 5.57 Å². The molecule has 0 amide bonds. The van der Waals surface area contributed by atoms with Gasteiger partial charge >= 0.3 is 0 Å². The summed E-state index contributed by atoms with van der Waals surface area (Å²) in [4.78, 5) is 4.85. The molecular formula is C48H58N4O. The monoisotopic (exact) mass is 706 g/mol.